The van der Waals surface area contributed by atoms with E-state index >= 15 is 0 Å². The Morgan fingerprint density at radius 3 is 1.51 bits per heavy atom. The number of aromatic nitrogens is 4. The van der Waals surface area contributed by atoms with E-state index < -0.39 is 8.07 Å². The van der Waals surface area contributed by atoms with Crippen molar-refractivity contribution in [1.29, 1.82) is 0 Å². The van der Waals surface area contributed by atoms with Crippen LogP contribution in [-0.4, -0.2) is 27.6 Å². The van der Waals surface area contributed by atoms with Crippen LogP contribution in [0.5, 0.6) is 0 Å². The molecule has 3 aromatic heterocycles. The maximum Gasteiger partial charge on any atom is 0.238 e. The van der Waals surface area contributed by atoms with Gasteiger partial charge in [0.1, 0.15) is 11.2 Å². The Balaban J connectivity index is 1.11. The van der Waals surface area contributed by atoms with E-state index in [0.29, 0.717) is 17.6 Å². The van der Waals surface area contributed by atoms with Gasteiger partial charge in [-0.25, -0.2) is 4.98 Å². The number of benzene rings is 9. The van der Waals surface area contributed by atoms with E-state index in [2.05, 4.69) is 205 Å². The summed E-state index contributed by atoms with van der Waals surface area (Å²) in [6.07, 6.45) is 0. The number of fused-ring (bicyclic) bond motifs is 6. The monoisotopic (exact) mass is 822 g/mol. The highest BCUT2D eigenvalue weighted by molar-refractivity contribution is 7.19. The second kappa shape index (κ2) is 15.1. The van der Waals surface area contributed by atoms with Crippen molar-refractivity contribution >= 4 is 72.6 Å². The zero-order valence-electron chi connectivity index (χ0n) is 34.1. The topological polar surface area (TPSA) is 56.7 Å². The summed E-state index contributed by atoms with van der Waals surface area (Å²) in [5.41, 5.74) is 7.84. The number of para-hydroxylation sites is 2. The van der Waals surface area contributed by atoms with Gasteiger partial charge in [-0.3, -0.25) is 4.57 Å². The van der Waals surface area contributed by atoms with Crippen LogP contribution >= 0.6 is 0 Å². The highest BCUT2D eigenvalue weighted by Gasteiger charge is 2.41. The molecular formula is C57H38N4OSi. The minimum atomic E-state index is -2.83. The SMILES string of the molecule is c1ccc(-c2nc(-c3cccc([Si](c4ccccc4)(c4ccccc4)c4ccccc4)c3)nc(-n3c4ccccc4c4c(-c5cccc6oc7ccccc7c56)cccc43)n2)cc1. The quantitative estimate of drug-likeness (QED) is 0.113. The normalized spacial score (nSPS) is 11.8. The largest absolute Gasteiger partial charge is 0.456 e. The van der Waals surface area contributed by atoms with Gasteiger partial charge >= 0.3 is 0 Å². The summed E-state index contributed by atoms with van der Waals surface area (Å²) in [6, 6.07) is 81.9. The van der Waals surface area contributed by atoms with Crippen LogP contribution in [0.3, 0.4) is 0 Å². The molecule has 3 heterocycles. The van der Waals surface area contributed by atoms with Gasteiger partial charge in [-0.2, -0.15) is 9.97 Å². The Labute approximate surface area is 365 Å². The minimum Gasteiger partial charge on any atom is -0.456 e. The van der Waals surface area contributed by atoms with Gasteiger partial charge in [0.25, 0.3) is 0 Å². The lowest BCUT2D eigenvalue weighted by Gasteiger charge is -2.34. The fourth-order valence-electron chi connectivity index (χ4n) is 9.72. The molecule has 6 heteroatoms. The Bertz CT molecular complexity index is 3530. The van der Waals surface area contributed by atoms with Gasteiger partial charge in [0, 0.05) is 32.7 Å². The number of rotatable bonds is 8. The number of furan rings is 1. The van der Waals surface area contributed by atoms with Gasteiger partial charge in [0.15, 0.2) is 19.7 Å². The van der Waals surface area contributed by atoms with Crippen molar-refractivity contribution in [3.63, 3.8) is 0 Å². The molecule has 0 aliphatic carbocycles. The molecule has 0 saturated carbocycles. The Morgan fingerprint density at radius 2 is 0.825 bits per heavy atom. The van der Waals surface area contributed by atoms with Crippen LogP contribution in [0.25, 0.3) is 83.6 Å². The highest BCUT2D eigenvalue weighted by Crippen LogP contribution is 2.43. The van der Waals surface area contributed by atoms with E-state index in [1.54, 1.807) is 0 Å². The second-order valence-corrected chi connectivity index (χ2v) is 19.7. The average Bonchev–Trinajstić information content (AvgIpc) is 3.92. The van der Waals surface area contributed by atoms with Gasteiger partial charge in [0.2, 0.25) is 5.95 Å². The van der Waals surface area contributed by atoms with Gasteiger partial charge in [0.05, 0.1) is 11.0 Å². The molecule has 5 nitrogen and oxygen atoms in total. The zero-order valence-corrected chi connectivity index (χ0v) is 35.1. The third-order valence-corrected chi connectivity index (χ3v) is 17.2. The minimum absolute atomic E-state index is 0.553. The molecule has 0 bridgehead atoms. The summed E-state index contributed by atoms with van der Waals surface area (Å²) >= 11 is 0. The van der Waals surface area contributed by atoms with E-state index in [1.165, 1.54) is 20.7 Å². The van der Waals surface area contributed by atoms with Crippen molar-refractivity contribution in [2.45, 2.75) is 0 Å². The van der Waals surface area contributed by atoms with Crippen LogP contribution < -0.4 is 20.7 Å². The lowest BCUT2D eigenvalue weighted by molar-refractivity contribution is 0.669. The molecule has 9 aromatic carbocycles. The highest BCUT2D eigenvalue weighted by atomic mass is 28.3. The van der Waals surface area contributed by atoms with Crippen molar-refractivity contribution < 1.29 is 4.42 Å². The lowest BCUT2D eigenvalue weighted by Crippen LogP contribution is -2.74. The molecule has 0 saturated heterocycles. The molecule has 296 valence electrons. The maximum absolute atomic E-state index is 6.37. The predicted molar refractivity (Wildman–Crippen MR) is 261 cm³/mol. The van der Waals surface area contributed by atoms with E-state index in [9.17, 15) is 0 Å². The molecule has 0 radical (unpaired) electrons. The van der Waals surface area contributed by atoms with Gasteiger partial charge in [-0.1, -0.05) is 206 Å². The molecule has 0 unspecified atom stereocenters. The van der Waals surface area contributed by atoms with Crippen LogP contribution in [0.15, 0.2) is 235 Å². The molecule has 0 fully saturated rings. The summed E-state index contributed by atoms with van der Waals surface area (Å²) in [5.74, 6) is 1.77. The van der Waals surface area contributed by atoms with Crippen LogP contribution in [0.2, 0.25) is 0 Å². The molecule has 0 aliphatic heterocycles. The van der Waals surface area contributed by atoms with E-state index in [1.807, 2.05) is 30.3 Å². The van der Waals surface area contributed by atoms with Gasteiger partial charge in [-0.15, -0.1) is 0 Å². The van der Waals surface area contributed by atoms with Crippen molar-refractivity contribution in [3.05, 3.63) is 231 Å². The summed E-state index contributed by atoms with van der Waals surface area (Å²) in [7, 11) is -2.83. The van der Waals surface area contributed by atoms with Crippen molar-refractivity contribution in [1.82, 2.24) is 19.5 Å². The maximum atomic E-state index is 6.37. The third kappa shape index (κ3) is 5.95. The van der Waals surface area contributed by atoms with Crippen LogP contribution in [0, 0.1) is 0 Å². The van der Waals surface area contributed by atoms with Crippen LogP contribution in [0.1, 0.15) is 0 Å². The summed E-state index contributed by atoms with van der Waals surface area (Å²) < 4.78 is 8.58. The molecule has 0 amide bonds. The van der Waals surface area contributed by atoms with Crippen LogP contribution in [0.4, 0.5) is 0 Å². The van der Waals surface area contributed by atoms with E-state index in [-0.39, 0.29) is 0 Å². The molecule has 0 spiro atoms. The predicted octanol–water partition coefficient (Wildman–Crippen LogP) is 11.2. The first-order chi connectivity index (χ1) is 31.3. The fraction of sp³-hybridized carbons (Fsp3) is 0. The molecule has 0 N–H and O–H groups in total. The molecule has 12 aromatic rings. The van der Waals surface area contributed by atoms with Crippen LogP contribution in [-0.2, 0) is 0 Å². The Hall–Kier alpha value is -8.19. The average molecular weight is 823 g/mol. The number of hydrogen-bond donors (Lipinski definition) is 0. The number of hydrogen-bond acceptors (Lipinski definition) is 4. The fourth-order valence-corrected chi connectivity index (χ4v) is 14.5. The molecule has 0 atom stereocenters. The summed E-state index contributed by atoms with van der Waals surface area (Å²) in [5, 5.41) is 9.60. The summed E-state index contributed by atoms with van der Waals surface area (Å²) in [4.78, 5) is 16.0. The Kier molecular flexibility index (Phi) is 8.76. The number of nitrogens with zero attached hydrogens (tertiary/aromatic N) is 4. The van der Waals surface area contributed by atoms with E-state index in [0.717, 1.165) is 66.0 Å². The van der Waals surface area contributed by atoms with Crippen molar-refractivity contribution in [2.24, 2.45) is 0 Å². The zero-order chi connectivity index (χ0) is 41.7. The smallest absolute Gasteiger partial charge is 0.238 e. The van der Waals surface area contributed by atoms with E-state index in [4.69, 9.17) is 19.4 Å². The molecule has 63 heavy (non-hydrogen) atoms. The molecular weight excluding hydrogens is 785 g/mol. The van der Waals surface area contributed by atoms with Gasteiger partial charge in [-0.05, 0) is 56.1 Å². The lowest BCUT2D eigenvalue weighted by atomic mass is 9.95. The van der Waals surface area contributed by atoms with Crippen molar-refractivity contribution in [2.75, 3.05) is 0 Å². The first-order valence-electron chi connectivity index (χ1n) is 21.3. The van der Waals surface area contributed by atoms with Gasteiger partial charge < -0.3 is 4.42 Å². The van der Waals surface area contributed by atoms with Crippen molar-refractivity contribution in [3.8, 4) is 39.9 Å². The molecule has 12 rings (SSSR count). The standard InChI is InChI=1S/C57H38N4OSi/c1-5-20-39(21-6-1)55-58-56(40-22-17-29-44(38-40)63(41-23-7-2-8-24-41,42-25-9-3-10-26-42)43-27-11-4-12-28-43)60-57(59-55)61-49-34-15-13-30-47(49)53-45(32-18-35-50(53)61)46-33-19-37-52-54(46)48-31-14-16-36-51(48)62-52/h1-38H. The Morgan fingerprint density at radius 1 is 0.349 bits per heavy atom. The third-order valence-electron chi connectivity index (χ3n) is 12.4. The second-order valence-electron chi connectivity index (χ2n) is 15.9. The molecule has 0 aliphatic rings. The first kappa shape index (κ1) is 36.6. The summed E-state index contributed by atoms with van der Waals surface area (Å²) in [6.45, 7) is 0. The first-order valence-corrected chi connectivity index (χ1v) is 23.3.